The summed E-state index contributed by atoms with van der Waals surface area (Å²) in [7, 11) is 1.64. The lowest BCUT2D eigenvalue weighted by Gasteiger charge is -2.10. The van der Waals surface area contributed by atoms with Gasteiger partial charge in [0, 0.05) is 30.7 Å². The third-order valence-corrected chi connectivity index (χ3v) is 5.37. The van der Waals surface area contributed by atoms with Crippen LogP contribution in [-0.2, 0) is 20.0 Å². The second kappa shape index (κ2) is 7.95. The maximum atomic E-state index is 12.4. The van der Waals surface area contributed by atoms with Crippen LogP contribution < -0.4 is 11.2 Å². The lowest BCUT2D eigenvalue weighted by molar-refractivity contribution is 0.513. The molecule has 0 saturated carbocycles. The van der Waals surface area contributed by atoms with Crippen LogP contribution in [0.25, 0.3) is 11.2 Å². The van der Waals surface area contributed by atoms with Gasteiger partial charge in [0.25, 0.3) is 5.56 Å². The number of nitrogens with one attached hydrogen (secondary N) is 1. The molecule has 0 radical (unpaired) electrons. The fourth-order valence-electron chi connectivity index (χ4n) is 2.88. The van der Waals surface area contributed by atoms with E-state index in [1.54, 1.807) is 18.8 Å². The Morgan fingerprint density at radius 3 is 2.62 bits per heavy atom. The van der Waals surface area contributed by atoms with E-state index in [9.17, 15) is 9.59 Å². The van der Waals surface area contributed by atoms with Crippen LogP contribution in [0.5, 0.6) is 0 Å². The average molecular weight is 372 g/mol. The summed E-state index contributed by atoms with van der Waals surface area (Å²) >= 11 is 1.76. The first-order chi connectivity index (χ1) is 12.5. The number of aromatic amines is 1. The van der Waals surface area contributed by atoms with Crippen molar-refractivity contribution in [2.75, 3.05) is 5.75 Å². The van der Waals surface area contributed by atoms with E-state index in [1.165, 1.54) is 9.46 Å². The molecule has 0 unspecified atom stereocenters. The van der Waals surface area contributed by atoms with E-state index in [1.807, 2.05) is 22.8 Å². The molecule has 26 heavy (non-hydrogen) atoms. The molecule has 0 amide bonds. The summed E-state index contributed by atoms with van der Waals surface area (Å²) in [6, 6.07) is 10.2. The van der Waals surface area contributed by atoms with Gasteiger partial charge in [0.2, 0.25) is 0 Å². The van der Waals surface area contributed by atoms with E-state index in [0.717, 1.165) is 31.0 Å². The van der Waals surface area contributed by atoms with Gasteiger partial charge in [0.05, 0.1) is 0 Å². The zero-order chi connectivity index (χ0) is 18.7. The van der Waals surface area contributed by atoms with E-state index >= 15 is 0 Å². The number of rotatable bonds is 7. The number of aromatic nitrogens is 4. The summed E-state index contributed by atoms with van der Waals surface area (Å²) in [6.45, 7) is 5.04. The van der Waals surface area contributed by atoms with Gasteiger partial charge in [-0.3, -0.25) is 14.3 Å². The highest BCUT2D eigenvalue weighted by atomic mass is 32.2. The standard InChI is InChI=1S/C19H24N4O2S/c1-13(2)9-11-23-15(10-12-26-14-7-5-4-6-8-14)20-17-16(23)18(24)21-19(25)22(17)3/h4-8,13H,9-12H2,1-3H3,(H,21,24,25). The van der Waals surface area contributed by atoms with Gasteiger partial charge in [-0.2, -0.15) is 0 Å². The Hall–Kier alpha value is -2.28. The topological polar surface area (TPSA) is 72.7 Å². The lowest BCUT2D eigenvalue weighted by atomic mass is 10.1. The van der Waals surface area contributed by atoms with E-state index in [0.29, 0.717) is 17.1 Å². The summed E-state index contributed by atoms with van der Waals surface area (Å²) in [5.74, 6) is 2.24. The monoisotopic (exact) mass is 372 g/mol. The van der Waals surface area contributed by atoms with E-state index in [-0.39, 0.29) is 5.56 Å². The van der Waals surface area contributed by atoms with Crippen molar-refractivity contribution < 1.29 is 0 Å². The number of imidazole rings is 1. The van der Waals surface area contributed by atoms with Gasteiger partial charge in [0.15, 0.2) is 11.2 Å². The molecule has 1 aromatic carbocycles. The van der Waals surface area contributed by atoms with E-state index in [4.69, 9.17) is 0 Å². The number of benzene rings is 1. The zero-order valence-corrected chi connectivity index (χ0v) is 16.2. The van der Waals surface area contributed by atoms with Crippen molar-refractivity contribution >= 4 is 22.9 Å². The summed E-state index contributed by atoms with van der Waals surface area (Å²) in [5, 5.41) is 0. The Kier molecular flexibility index (Phi) is 5.66. The van der Waals surface area contributed by atoms with Crippen LogP contribution in [0.4, 0.5) is 0 Å². The lowest BCUT2D eigenvalue weighted by Crippen LogP contribution is -2.29. The van der Waals surface area contributed by atoms with Gasteiger partial charge in [-0.05, 0) is 24.5 Å². The number of hydrogen-bond acceptors (Lipinski definition) is 4. The van der Waals surface area contributed by atoms with Crippen molar-refractivity contribution in [3.05, 3.63) is 57.0 Å². The molecule has 6 nitrogen and oxygen atoms in total. The molecule has 0 bridgehead atoms. The second-order valence-electron chi connectivity index (χ2n) is 6.76. The van der Waals surface area contributed by atoms with Crippen molar-refractivity contribution in [2.45, 2.75) is 38.1 Å². The number of fused-ring (bicyclic) bond motifs is 1. The predicted molar refractivity (Wildman–Crippen MR) is 106 cm³/mol. The van der Waals surface area contributed by atoms with Crippen LogP contribution in [-0.4, -0.2) is 24.9 Å². The molecule has 7 heteroatoms. The molecule has 0 aliphatic heterocycles. The zero-order valence-electron chi connectivity index (χ0n) is 15.4. The van der Waals surface area contributed by atoms with Gasteiger partial charge >= 0.3 is 5.69 Å². The van der Waals surface area contributed by atoms with Crippen LogP contribution >= 0.6 is 11.8 Å². The third kappa shape index (κ3) is 3.93. The van der Waals surface area contributed by atoms with Gasteiger partial charge in [0.1, 0.15) is 5.82 Å². The fraction of sp³-hybridized carbons (Fsp3) is 0.421. The van der Waals surface area contributed by atoms with Crippen LogP contribution in [0, 0.1) is 5.92 Å². The van der Waals surface area contributed by atoms with Crippen molar-refractivity contribution in [2.24, 2.45) is 13.0 Å². The first-order valence-electron chi connectivity index (χ1n) is 8.83. The van der Waals surface area contributed by atoms with E-state index < -0.39 is 5.69 Å². The Morgan fingerprint density at radius 2 is 1.92 bits per heavy atom. The van der Waals surface area contributed by atoms with Crippen LogP contribution in [0.2, 0.25) is 0 Å². The van der Waals surface area contributed by atoms with Crippen LogP contribution in [0.1, 0.15) is 26.1 Å². The first kappa shape index (κ1) is 18.5. The van der Waals surface area contributed by atoms with Crippen molar-refractivity contribution in [3.63, 3.8) is 0 Å². The smallest absolute Gasteiger partial charge is 0.322 e. The Labute approximate surface area is 156 Å². The van der Waals surface area contributed by atoms with Gasteiger partial charge in [-0.15, -0.1) is 11.8 Å². The minimum absolute atomic E-state index is 0.360. The SMILES string of the molecule is CC(C)CCn1c(CCSc2ccccc2)nc2c1c(=O)[nH]c(=O)n2C. The molecule has 2 aromatic heterocycles. The summed E-state index contributed by atoms with van der Waals surface area (Å²) in [4.78, 5) is 32.5. The molecule has 0 spiro atoms. The maximum Gasteiger partial charge on any atom is 0.329 e. The van der Waals surface area contributed by atoms with Gasteiger partial charge in [-0.1, -0.05) is 32.0 Å². The summed E-state index contributed by atoms with van der Waals surface area (Å²) in [5.41, 5.74) is 0.164. The molecule has 0 saturated heterocycles. The molecule has 3 rings (SSSR count). The molecule has 0 atom stereocenters. The molecule has 3 aromatic rings. The molecular weight excluding hydrogens is 348 g/mol. The van der Waals surface area contributed by atoms with Gasteiger partial charge < -0.3 is 4.57 Å². The highest BCUT2D eigenvalue weighted by molar-refractivity contribution is 7.99. The average Bonchev–Trinajstić information content (AvgIpc) is 2.98. The highest BCUT2D eigenvalue weighted by Crippen LogP contribution is 2.20. The molecule has 0 aliphatic carbocycles. The van der Waals surface area contributed by atoms with Gasteiger partial charge in [-0.25, -0.2) is 9.78 Å². The number of H-pyrrole nitrogens is 1. The normalized spacial score (nSPS) is 11.5. The fourth-order valence-corrected chi connectivity index (χ4v) is 3.75. The predicted octanol–water partition coefficient (Wildman–Crippen LogP) is 2.80. The molecular formula is C19H24N4O2S. The van der Waals surface area contributed by atoms with Crippen molar-refractivity contribution in [1.29, 1.82) is 0 Å². The number of thioether (sulfide) groups is 1. The number of hydrogen-bond donors (Lipinski definition) is 1. The molecule has 138 valence electrons. The summed E-state index contributed by atoms with van der Waals surface area (Å²) in [6.07, 6.45) is 1.69. The third-order valence-electron chi connectivity index (χ3n) is 4.35. The molecule has 2 heterocycles. The first-order valence-corrected chi connectivity index (χ1v) is 9.82. The second-order valence-corrected chi connectivity index (χ2v) is 7.93. The molecule has 0 aliphatic rings. The Morgan fingerprint density at radius 1 is 1.19 bits per heavy atom. The summed E-state index contributed by atoms with van der Waals surface area (Å²) < 4.78 is 3.40. The van der Waals surface area contributed by atoms with Crippen LogP contribution in [0.3, 0.4) is 0 Å². The Bertz CT molecular complexity index is 1000. The molecule has 0 fully saturated rings. The van der Waals surface area contributed by atoms with Crippen molar-refractivity contribution in [3.8, 4) is 0 Å². The van der Waals surface area contributed by atoms with Crippen molar-refractivity contribution in [1.82, 2.24) is 19.1 Å². The minimum atomic E-state index is -0.429. The quantitative estimate of drug-likeness (QED) is 0.647. The Balaban J connectivity index is 1.93. The highest BCUT2D eigenvalue weighted by Gasteiger charge is 2.17. The maximum absolute atomic E-state index is 12.4. The minimum Gasteiger partial charge on any atom is -0.322 e. The largest absolute Gasteiger partial charge is 0.329 e. The number of aryl methyl sites for hydroxylation is 3. The van der Waals surface area contributed by atoms with E-state index in [2.05, 4.69) is 35.9 Å². The number of nitrogens with zero attached hydrogens (tertiary/aromatic N) is 3. The van der Waals surface area contributed by atoms with Crippen LogP contribution in [0.15, 0.2) is 44.8 Å². The molecule has 1 N–H and O–H groups in total.